The Morgan fingerprint density at radius 2 is 1.06 bits per heavy atom. The summed E-state index contributed by atoms with van der Waals surface area (Å²) in [5.74, 6) is -12.9. The number of carbonyl (C=O) groups excluding carboxylic acids is 10. The molecule has 0 spiro atoms. The van der Waals surface area contributed by atoms with Crippen LogP contribution in [0.15, 0.2) is 36.8 Å². The van der Waals surface area contributed by atoms with Gasteiger partial charge < -0.3 is 84.3 Å². The second-order valence-electron chi connectivity index (χ2n) is 21.9. The molecule has 0 saturated heterocycles. The third kappa shape index (κ3) is 26.2. The van der Waals surface area contributed by atoms with Crippen LogP contribution in [0.2, 0.25) is 0 Å². The highest BCUT2D eigenvalue weighted by Gasteiger charge is 2.36. The number of carbonyl (C=O) groups is 12. The van der Waals surface area contributed by atoms with Crippen LogP contribution in [0.5, 0.6) is 5.75 Å². The van der Waals surface area contributed by atoms with Gasteiger partial charge in [0.15, 0.2) is 0 Å². The minimum Gasteiger partial charge on any atom is -0.508 e. The number of aromatic hydroxyl groups is 1. The molecule has 1 heterocycles. The zero-order valence-electron chi connectivity index (χ0n) is 48.8. The molecule has 468 valence electrons. The molecule has 0 radical (unpaired) electrons. The second kappa shape index (κ2) is 36.0. The number of hydrogen-bond donors (Lipinski definition) is 17. The molecule has 1 aromatic carbocycles. The fourth-order valence-corrected chi connectivity index (χ4v) is 8.45. The Hall–Kier alpha value is -7.86. The molecule has 30 heteroatoms. The van der Waals surface area contributed by atoms with Crippen molar-refractivity contribution in [2.24, 2.45) is 29.4 Å². The van der Waals surface area contributed by atoms with Gasteiger partial charge in [-0.25, -0.2) is 9.78 Å². The minimum absolute atomic E-state index is 0.0263. The average Bonchev–Trinajstić information content (AvgIpc) is 3.96. The van der Waals surface area contributed by atoms with E-state index in [1.165, 1.54) is 43.7 Å². The van der Waals surface area contributed by atoms with Crippen LogP contribution in [0.3, 0.4) is 0 Å². The van der Waals surface area contributed by atoms with Gasteiger partial charge in [-0.2, -0.15) is 12.6 Å². The van der Waals surface area contributed by atoms with Crippen LogP contribution in [0.25, 0.3) is 0 Å². The van der Waals surface area contributed by atoms with E-state index in [0.717, 1.165) is 0 Å². The average molecular weight is 1200 g/mol. The maximum atomic E-state index is 14.2. The molecule has 0 bridgehead atoms. The highest BCUT2D eigenvalue weighted by Crippen LogP contribution is 2.14. The van der Waals surface area contributed by atoms with Crippen LogP contribution in [0, 0.1) is 23.7 Å². The molecule has 2 aromatic rings. The van der Waals surface area contributed by atoms with Crippen molar-refractivity contribution >= 4 is 83.6 Å². The van der Waals surface area contributed by atoms with Gasteiger partial charge in [0.25, 0.3) is 0 Å². The summed E-state index contributed by atoms with van der Waals surface area (Å²) in [6.45, 7) is 13.4. The molecule has 0 fully saturated rings. The number of carboxylic acids is 2. The van der Waals surface area contributed by atoms with Crippen molar-refractivity contribution in [3.05, 3.63) is 48.0 Å². The number of carboxylic acid groups (broad SMARTS) is 2. The summed E-state index contributed by atoms with van der Waals surface area (Å²) in [7, 11) is 0. The van der Waals surface area contributed by atoms with E-state index < -0.39 is 163 Å². The molecule has 0 unspecified atom stereocenters. The van der Waals surface area contributed by atoms with Crippen molar-refractivity contribution in [1.82, 2.24) is 63.1 Å². The quantitative estimate of drug-likeness (QED) is 0.0308. The number of nitrogens with zero attached hydrogens (tertiary/aromatic N) is 1. The SMILES string of the molecule is CC(C)C[C@H](NC(=O)[C@H](C)NC(=O)[C@H](CCC(=O)O)NC(=O)[C@@H](NC(=O)[C@H](CC(C)C)NC(=O)[C@H](Cc1cnc[nH]1)NC(=O)[C@H](CO)NC(=O)CNC(=O)[C@H](CS)NC(=O)[C@@H](N)CC(C)C)C(C)C)C(=O)N[C@@H](Cc1ccc(O)cc1)C(=O)O. The van der Waals surface area contributed by atoms with Crippen LogP contribution in [0.1, 0.15) is 106 Å². The first-order valence-electron chi connectivity index (χ1n) is 27.5. The maximum absolute atomic E-state index is 14.2. The van der Waals surface area contributed by atoms with Crippen molar-refractivity contribution in [3.8, 4) is 5.75 Å². The summed E-state index contributed by atoms with van der Waals surface area (Å²) in [4.78, 5) is 166. The molecule has 84 heavy (non-hydrogen) atoms. The first kappa shape index (κ1) is 72.2. The number of aromatic nitrogens is 2. The Kier molecular flexibility index (Phi) is 30.9. The zero-order chi connectivity index (χ0) is 63.5. The number of phenolic OH excluding ortho intramolecular Hbond substituents is 1. The summed E-state index contributed by atoms with van der Waals surface area (Å²) < 4.78 is 0. The Morgan fingerprint density at radius 3 is 1.57 bits per heavy atom. The van der Waals surface area contributed by atoms with E-state index >= 15 is 0 Å². The number of benzene rings is 1. The van der Waals surface area contributed by atoms with Gasteiger partial charge in [0.1, 0.15) is 60.1 Å². The fourth-order valence-electron chi connectivity index (χ4n) is 8.20. The molecule has 0 aliphatic carbocycles. The van der Waals surface area contributed by atoms with E-state index in [0.29, 0.717) is 17.7 Å². The molecule has 0 saturated carbocycles. The van der Waals surface area contributed by atoms with Gasteiger partial charge in [0, 0.05) is 36.9 Å². The van der Waals surface area contributed by atoms with E-state index in [1.807, 2.05) is 13.8 Å². The van der Waals surface area contributed by atoms with Gasteiger partial charge in [-0.05, 0) is 74.0 Å². The van der Waals surface area contributed by atoms with E-state index in [2.05, 4.69) is 75.8 Å². The highest BCUT2D eigenvalue weighted by atomic mass is 32.1. The van der Waals surface area contributed by atoms with Gasteiger partial charge in [0.2, 0.25) is 59.1 Å². The van der Waals surface area contributed by atoms with Crippen LogP contribution in [-0.2, 0) is 70.4 Å². The molecule has 1 aromatic heterocycles. The summed E-state index contributed by atoms with van der Waals surface area (Å²) in [5.41, 5.74) is 6.74. The molecule has 0 aliphatic heterocycles. The van der Waals surface area contributed by atoms with E-state index in [4.69, 9.17) is 5.73 Å². The molecular weight excluding hydrogens is 1120 g/mol. The van der Waals surface area contributed by atoms with Crippen molar-refractivity contribution < 1.29 is 78.0 Å². The lowest BCUT2D eigenvalue weighted by molar-refractivity contribution is -0.142. The number of thiol groups is 1. The lowest BCUT2D eigenvalue weighted by Gasteiger charge is -2.29. The maximum Gasteiger partial charge on any atom is 0.326 e. The highest BCUT2D eigenvalue weighted by molar-refractivity contribution is 7.80. The van der Waals surface area contributed by atoms with Gasteiger partial charge in [-0.1, -0.05) is 67.5 Å². The third-order valence-corrected chi connectivity index (χ3v) is 13.1. The predicted molar refractivity (Wildman–Crippen MR) is 307 cm³/mol. The first-order valence-corrected chi connectivity index (χ1v) is 28.2. The monoisotopic (exact) mass is 1200 g/mol. The van der Waals surface area contributed by atoms with Gasteiger partial charge in [-0.3, -0.25) is 52.7 Å². The summed E-state index contributed by atoms with van der Waals surface area (Å²) >= 11 is 4.11. The van der Waals surface area contributed by atoms with Crippen molar-refractivity contribution in [2.75, 3.05) is 18.9 Å². The first-order chi connectivity index (χ1) is 39.3. The van der Waals surface area contributed by atoms with Gasteiger partial charge in [-0.15, -0.1) is 0 Å². The Morgan fingerprint density at radius 1 is 0.560 bits per heavy atom. The van der Waals surface area contributed by atoms with Crippen molar-refractivity contribution in [1.29, 1.82) is 0 Å². The predicted octanol–water partition coefficient (Wildman–Crippen LogP) is -2.61. The number of amides is 10. The van der Waals surface area contributed by atoms with Crippen LogP contribution < -0.4 is 58.9 Å². The number of imidazole rings is 1. The normalized spacial score (nSPS) is 14.9. The summed E-state index contributed by atoms with van der Waals surface area (Å²) in [5, 5.41) is 63.8. The van der Waals surface area contributed by atoms with Crippen LogP contribution in [0.4, 0.5) is 0 Å². The molecule has 0 aliphatic rings. The van der Waals surface area contributed by atoms with Crippen LogP contribution >= 0.6 is 12.6 Å². The number of hydrogen-bond acceptors (Lipinski definition) is 17. The van der Waals surface area contributed by atoms with Crippen LogP contribution in [-0.4, -0.2) is 181 Å². The number of rotatable bonds is 37. The smallest absolute Gasteiger partial charge is 0.326 e. The number of H-pyrrole nitrogens is 1. The lowest BCUT2D eigenvalue weighted by Crippen LogP contribution is -2.61. The van der Waals surface area contributed by atoms with E-state index in [-0.39, 0.29) is 54.9 Å². The Balaban J connectivity index is 2.26. The minimum atomic E-state index is -1.67. The lowest BCUT2D eigenvalue weighted by atomic mass is 9.98. The molecule has 29 nitrogen and oxygen atoms in total. The number of phenols is 1. The number of nitrogens with one attached hydrogen (secondary N) is 11. The molecule has 17 N–H and O–H groups in total. The zero-order valence-corrected chi connectivity index (χ0v) is 49.7. The molecule has 10 atom stereocenters. The van der Waals surface area contributed by atoms with Gasteiger partial charge >= 0.3 is 11.9 Å². The number of nitrogens with two attached hydrogens (primary N) is 1. The standard InChI is InChI=1S/C54H85N13O16S/c1-26(2)16-34(55)46(74)66-41(24-84)47(75)57-22-42(70)60-40(23-68)52(80)64-38(20-32-21-56-25-58-32)50(78)63-37(18-28(5)6)51(79)67-44(29(7)8)53(81)61-35(14-15-43(71)72)48(76)59-30(9)45(73)62-36(17-27(3)4)49(77)65-39(54(82)83)19-31-10-12-33(69)13-11-31/h10-13,21,25-30,34-41,44,68-69,84H,14-20,22-24,55H2,1-9H3,(H,56,58)(H,57,75)(H,59,76)(H,60,70)(H,61,81)(H,62,73)(H,63,78)(H,64,80)(H,65,77)(H,66,74)(H,67,79)(H,71,72)(H,82,83)/t30-,34-,35-,36-,37-,38-,39-,40-,41-,44-/m0/s1. The molecule has 2 rings (SSSR count). The number of aliphatic carboxylic acids is 2. The topological polar surface area (TPSA) is 461 Å². The van der Waals surface area contributed by atoms with Crippen molar-refractivity contribution in [3.63, 3.8) is 0 Å². The van der Waals surface area contributed by atoms with E-state index in [1.54, 1.807) is 41.5 Å². The largest absolute Gasteiger partial charge is 0.508 e. The summed E-state index contributed by atoms with van der Waals surface area (Å²) in [6.07, 6.45) is 1.48. The summed E-state index contributed by atoms with van der Waals surface area (Å²) in [6, 6.07) is -8.12. The number of aromatic amines is 1. The van der Waals surface area contributed by atoms with Crippen molar-refractivity contribution in [2.45, 2.75) is 168 Å². The Bertz CT molecular complexity index is 2550. The molecule has 10 amide bonds. The fraction of sp³-hybridized carbons (Fsp3) is 0.611. The Labute approximate surface area is 492 Å². The number of aliphatic hydroxyl groups is 1. The second-order valence-corrected chi connectivity index (χ2v) is 22.3. The number of aliphatic hydroxyl groups excluding tert-OH is 1. The van der Waals surface area contributed by atoms with E-state index in [9.17, 15) is 78.0 Å². The molecular formula is C54H85N13O16S. The third-order valence-electron chi connectivity index (χ3n) is 12.7. The van der Waals surface area contributed by atoms with Gasteiger partial charge in [0.05, 0.1) is 25.5 Å².